The first-order valence-corrected chi connectivity index (χ1v) is 20.0. The average molecular weight is 886 g/mol. The van der Waals surface area contributed by atoms with Gasteiger partial charge in [-0.3, -0.25) is 18.8 Å². The van der Waals surface area contributed by atoms with Crippen molar-refractivity contribution in [1.29, 1.82) is 0 Å². The molecule has 21 heteroatoms. The van der Waals surface area contributed by atoms with Crippen molar-refractivity contribution in [3.05, 3.63) is 141 Å². The molecule has 61 heavy (non-hydrogen) atoms. The Morgan fingerprint density at radius 3 is 2.30 bits per heavy atom. The van der Waals surface area contributed by atoms with Crippen molar-refractivity contribution < 1.29 is 49.4 Å². The number of methoxy groups -OCH3 is 1. The second-order valence-corrected chi connectivity index (χ2v) is 15.8. The summed E-state index contributed by atoms with van der Waals surface area (Å²) in [6.07, 6.45) is -7.30. The number of hydrogen-bond donors (Lipinski definition) is 3. The van der Waals surface area contributed by atoms with E-state index in [1.54, 1.807) is 24.3 Å². The summed E-state index contributed by atoms with van der Waals surface area (Å²) in [5.41, 5.74) is -1.91. The lowest BCUT2D eigenvalue weighted by atomic mass is 10.0. The van der Waals surface area contributed by atoms with E-state index >= 15 is 0 Å². The lowest BCUT2D eigenvalue weighted by Crippen LogP contribution is -2.35. The van der Waals surface area contributed by atoms with Gasteiger partial charge >= 0.3 is 12.3 Å². The van der Waals surface area contributed by atoms with Crippen LogP contribution in [0.2, 0.25) is 5.02 Å². The third kappa shape index (κ3) is 9.39. The van der Waals surface area contributed by atoms with Gasteiger partial charge in [-0.15, -0.1) is 0 Å². The maximum atomic E-state index is 14.9. The van der Waals surface area contributed by atoms with Gasteiger partial charge in [0.1, 0.15) is 35.6 Å². The summed E-state index contributed by atoms with van der Waals surface area (Å²) in [4.78, 5) is 35.9. The number of rotatable bonds is 13. The van der Waals surface area contributed by atoms with Gasteiger partial charge in [-0.2, -0.15) is 18.3 Å². The number of anilines is 1. The zero-order chi connectivity index (χ0) is 43.8. The van der Waals surface area contributed by atoms with Crippen molar-refractivity contribution in [3.8, 4) is 22.7 Å². The molecule has 0 bridgehead atoms. The lowest BCUT2D eigenvalue weighted by Gasteiger charge is -2.23. The number of nitrogens with one attached hydrogen (secondary N) is 2. The monoisotopic (exact) mass is 885 g/mol. The van der Waals surface area contributed by atoms with Gasteiger partial charge in [-0.1, -0.05) is 35.9 Å². The smallest absolute Gasteiger partial charge is 0.408 e. The Balaban J connectivity index is 1.46. The molecule has 4 aromatic carbocycles. The minimum Gasteiger partial charge on any atom is -0.497 e. The Morgan fingerprint density at radius 1 is 0.934 bits per heavy atom. The van der Waals surface area contributed by atoms with Crippen LogP contribution in [-0.4, -0.2) is 63.0 Å². The molecule has 3 aromatic heterocycles. The van der Waals surface area contributed by atoms with Crippen molar-refractivity contribution in [1.82, 2.24) is 29.6 Å². The number of fused-ring (bicyclic) bond motifs is 2. The number of aromatic nitrogens is 5. The van der Waals surface area contributed by atoms with Gasteiger partial charge in [0.15, 0.2) is 11.5 Å². The van der Waals surface area contributed by atoms with Crippen LogP contribution in [0.25, 0.3) is 38.9 Å². The van der Waals surface area contributed by atoms with Crippen LogP contribution in [0.1, 0.15) is 23.0 Å². The van der Waals surface area contributed by atoms with Gasteiger partial charge in [0.05, 0.1) is 51.6 Å². The summed E-state index contributed by atoms with van der Waals surface area (Å²) < 4.78 is 122. The Morgan fingerprint density at radius 2 is 1.64 bits per heavy atom. The number of amides is 1. The molecule has 0 aliphatic carbocycles. The third-order valence-corrected chi connectivity index (χ3v) is 10.9. The Hall–Kier alpha value is -6.67. The predicted molar refractivity (Wildman–Crippen MR) is 213 cm³/mol. The van der Waals surface area contributed by atoms with E-state index in [1.165, 1.54) is 37.4 Å². The largest absolute Gasteiger partial charge is 0.497 e. The Labute approximate surface area is 346 Å². The highest BCUT2D eigenvalue weighted by atomic mass is 35.5. The number of aryl methyl sites for hydroxylation is 1. The number of alkyl halides is 3. The van der Waals surface area contributed by atoms with Crippen LogP contribution in [0.3, 0.4) is 0 Å². The molecule has 0 saturated heterocycles. The zero-order valence-electron chi connectivity index (χ0n) is 31.3. The molecule has 7 aromatic rings. The first-order chi connectivity index (χ1) is 28.9. The first kappa shape index (κ1) is 42.5. The standard InChI is InChI=1S/C40H30ClF6N7O6S/c1-60-25-8-6-21(7-9-25)14-15-61(58,59)52-36-33-28(41)11-13-32(34(33)53(51-36)20-40(45,46)47)54-37(31(49-39(56)57)18-22-16-23(42)19-24(43)17-22)50-35-27(38(54)55)10-12-30(48-35)26-4-2-3-5-29(26)44/h2-13,16-17,19,31,49H,14-15,18,20H2,1H3,(H,51,52)(H,56,57). The molecule has 1 atom stereocenters. The van der Waals surface area contributed by atoms with E-state index in [-0.39, 0.29) is 44.7 Å². The molecule has 0 aliphatic rings. The van der Waals surface area contributed by atoms with E-state index in [0.29, 0.717) is 22.1 Å². The lowest BCUT2D eigenvalue weighted by molar-refractivity contribution is -0.141. The topological polar surface area (TPSA) is 170 Å². The van der Waals surface area contributed by atoms with Crippen LogP contribution >= 0.6 is 11.6 Å². The zero-order valence-corrected chi connectivity index (χ0v) is 32.9. The molecule has 0 saturated carbocycles. The fourth-order valence-corrected chi connectivity index (χ4v) is 8.02. The van der Waals surface area contributed by atoms with Crippen LogP contribution in [-0.2, 0) is 29.4 Å². The molecule has 0 aliphatic heterocycles. The number of carboxylic acid groups (broad SMARTS) is 1. The number of carbonyl (C=O) groups is 1. The molecule has 1 unspecified atom stereocenters. The molecule has 3 heterocycles. The SMILES string of the molecule is COc1ccc(CCS(=O)(=O)Nc2nn(CC(F)(F)F)c3c(-n4c(C(Cc5cc(F)cc(F)c5)NC(=O)O)nc5nc(-c6ccccc6F)ccc5c4=O)ccc(Cl)c23)cc1. The molecule has 13 nitrogen and oxygen atoms in total. The first-order valence-electron chi connectivity index (χ1n) is 17.9. The Bertz CT molecular complexity index is 2980. The molecule has 0 fully saturated rings. The Kier molecular flexibility index (Phi) is 11.7. The van der Waals surface area contributed by atoms with Crippen LogP contribution < -0.4 is 20.3 Å². The van der Waals surface area contributed by atoms with Crippen molar-refractivity contribution in [2.45, 2.75) is 31.6 Å². The predicted octanol–water partition coefficient (Wildman–Crippen LogP) is 7.97. The van der Waals surface area contributed by atoms with E-state index in [0.717, 1.165) is 34.9 Å². The highest BCUT2D eigenvalue weighted by Crippen LogP contribution is 2.37. The molecule has 0 radical (unpaired) electrons. The number of pyridine rings is 1. The minimum atomic E-state index is -4.99. The van der Waals surface area contributed by atoms with Crippen LogP contribution in [0.15, 0.2) is 95.8 Å². The fraction of sp³-hybridized carbons (Fsp3) is 0.175. The van der Waals surface area contributed by atoms with Gasteiger partial charge in [0.25, 0.3) is 5.56 Å². The van der Waals surface area contributed by atoms with Crippen LogP contribution in [0, 0.1) is 17.5 Å². The van der Waals surface area contributed by atoms with E-state index in [2.05, 4.69) is 25.1 Å². The van der Waals surface area contributed by atoms with Crippen molar-refractivity contribution in [2.75, 3.05) is 17.6 Å². The summed E-state index contributed by atoms with van der Waals surface area (Å²) in [7, 11) is -2.90. The summed E-state index contributed by atoms with van der Waals surface area (Å²) in [6.45, 7) is -1.83. The van der Waals surface area contributed by atoms with E-state index in [4.69, 9.17) is 16.3 Å². The highest BCUT2D eigenvalue weighted by Gasteiger charge is 2.34. The van der Waals surface area contributed by atoms with E-state index in [1.807, 2.05) is 0 Å². The summed E-state index contributed by atoms with van der Waals surface area (Å²) >= 11 is 6.58. The number of hydrogen-bond acceptors (Lipinski definition) is 8. The maximum absolute atomic E-state index is 14.9. The van der Waals surface area contributed by atoms with Crippen molar-refractivity contribution >= 4 is 55.5 Å². The number of halogens is 7. The fourth-order valence-electron chi connectivity index (χ4n) is 6.73. The number of benzene rings is 4. The molecule has 1 amide bonds. The van der Waals surface area contributed by atoms with Crippen molar-refractivity contribution in [3.63, 3.8) is 0 Å². The van der Waals surface area contributed by atoms with Gasteiger partial charge in [-0.05, 0) is 78.2 Å². The van der Waals surface area contributed by atoms with Gasteiger partial charge in [-0.25, -0.2) is 36.4 Å². The maximum Gasteiger partial charge on any atom is 0.408 e. The molecule has 316 valence electrons. The highest BCUT2D eigenvalue weighted by molar-refractivity contribution is 7.92. The summed E-state index contributed by atoms with van der Waals surface area (Å²) in [5.74, 6) is -3.94. The van der Waals surface area contributed by atoms with Crippen LogP contribution in [0.4, 0.5) is 37.0 Å². The third-order valence-electron chi connectivity index (χ3n) is 9.34. The molecule has 3 N–H and O–H groups in total. The summed E-state index contributed by atoms with van der Waals surface area (Å²) in [6, 6.07) is 17.5. The normalized spacial score (nSPS) is 12.5. The van der Waals surface area contributed by atoms with Gasteiger partial charge in [0.2, 0.25) is 10.0 Å². The van der Waals surface area contributed by atoms with Gasteiger partial charge < -0.3 is 15.2 Å². The van der Waals surface area contributed by atoms with E-state index < -0.39 is 92.9 Å². The molecular weight excluding hydrogens is 856 g/mol. The number of nitrogens with zero attached hydrogens (tertiary/aromatic N) is 5. The summed E-state index contributed by atoms with van der Waals surface area (Å²) in [5, 5.41) is 15.1. The molecular formula is C40H30ClF6N7O6S. The average Bonchev–Trinajstić information content (AvgIpc) is 3.52. The van der Waals surface area contributed by atoms with Gasteiger partial charge in [0, 0.05) is 18.1 Å². The quantitative estimate of drug-likeness (QED) is 0.0972. The number of sulfonamides is 1. The van der Waals surface area contributed by atoms with Crippen LogP contribution in [0.5, 0.6) is 5.75 Å². The molecule has 7 rings (SSSR count). The molecule has 0 spiro atoms. The number of ether oxygens (including phenoxy) is 1. The second-order valence-electron chi connectivity index (χ2n) is 13.6. The van der Waals surface area contributed by atoms with Crippen molar-refractivity contribution in [2.24, 2.45) is 0 Å². The second kappa shape index (κ2) is 16.8. The minimum absolute atomic E-state index is 0.00168. The van der Waals surface area contributed by atoms with E-state index in [9.17, 15) is 49.5 Å².